The van der Waals surface area contributed by atoms with Crippen molar-refractivity contribution in [3.63, 3.8) is 0 Å². The second kappa shape index (κ2) is 7.50. The molecule has 0 unspecified atom stereocenters. The summed E-state index contributed by atoms with van der Waals surface area (Å²) in [4.78, 5) is 6.31. The van der Waals surface area contributed by atoms with Gasteiger partial charge in [-0.1, -0.05) is 11.2 Å². The van der Waals surface area contributed by atoms with Gasteiger partial charge in [0.25, 0.3) is 0 Å². The number of aromatic nitrogens is 1. The van der Waals surface area contributed by atoms with Crippen LogP contribution in [0.4, 0.5) is 5.82 Å². The molecule has 0 spiro atoms. The molecule has 1 aromatic rings. The molecule has 1 aromatic heterocycles. The van der Waals surface area contributed by atoms with E-state index in [0.29, 0.717) is 5.69 Å². The SMILES string of the molecule is CN(CCCCCO)c1cccc(/C(N)=N/O)n1. The van der Waals surface area contributed by atoms with Crippen LogP contribution in [0.3, 0.4) is 0 Å². The highest BCUT2D eigenvalue weighted by Crippen LogP contribution is 2.10. The van der Waals surface area contributed by atoms with Crippen molar-refractivity contribution >= 4 is 11.7 Å². The van der Waals surface area contributed by atoms with Gasteiger partial charge >= 0.3 is 0 Å². The first-order valence-electron chi connectivity index (χ1n) is 5.96. The highest BCUT2D eigenvalue weighted by Gasteiger charge is 2.06. The van der Waals surface area contributed by atoms with Crippen LogP contribution in [0.5, 0.6) is 0 Å². The van der Waals surface area contributed by atoms with Crippen molar-refractivity contribution < 1.29 is 10.3 Å². The zero-order valence-electron chi connectivity index (χ0n) is 10.6. The van der Waals surface area contributed by atoms with E-state index in [1.54, 1.807) is 6.07 Å². The largest absolute Gasteiger partial charge is 0.409 e. The lowest BCUT2D eigenvalue weighted by Gasteiger charge is -2.18. The van der Waals surface area contributed by atoms with Crippen molar-refractivity contribution in [1.82, 2.24) is 4.98 Å². The summed E-state index contributed by atoms with van der Waals surface area (Å²) < 4.78 is 0. The number of hydrogen-bond acceptors (Lipinski definition) is 5. The fourth-order valence-corrected chi connectivity index (χ4v) is 1.58. The molecule has 0 saturated heterocycles. The molecule has 0 saturated carbocycles. The van der Waals surface area contributed by atoms with Crippen LogP contribution >= 0.6 is 0 Å². The zero-order valence-corrected chi connectivity index (χ0v) is 10.6. The summed E-state index contributed by atoms with van der Waals surface area (Å²) in [5, 5.41) is 20.2. The second-order valence-corrected chi connectivity index (χ2v) is 4.07. The minimum absolute atomic E-state index is 0.00512. The molecule has 18 heavy (non-hydrogen) atoms. The van der Waals surface area contributed by atoms with E-state index >= 15 is 0 Å². The molecule has 0 bridgehead atoms. The molecular formula is C12H20N4O2. The second-order valence-electron chi connectivity index (χ2n) is 4.07. The van der Waals surface area contributed by atoms with Crippen LogP contribution in [0.1, 0.15) is 25.0 Å². The van der Waals surface area contributed by atoms with E-state index in [1.165, 1.54) is 0 Å². The molecule has 0 aromatic carbocycles. The summed E-state index contributed by atoms with van der Waals surface area (Å²) in [6, 6.07) is 5.39. The maximum Gasteiger partial charge on any atom is 0.188 e. The number of nitrogens with zero attached hydrogens (tertiary/aromatic N) is 3. The first-order chi connectivity index (χ1) is 8.69. The van der Waals surface area contributed by atoms with Gasteiger partial charge in [0.1, 0.15) is 11.5 Å². The summed E-state index contributed by atoms with van der Waals surface area (Å²) in [6.07, 6.45) is 2.80. The molecule has 0 aliphatic rings. The Kier molecular flexibility index (Phi) is 5.93. The Bertz CT molecular complexity index is 395. The Morgan fingerprint density at radius 3 is 2.83 bits per heavy atom. The quantitative estimate of drug-likeness (QED) is 0.219. The average molecular weight is 252 g/mol. The van der Waals surface area contributed by atoms with E-state index in [9.17, 15) is 0 Å². The number of anilines is 1. The van der Waals surface area contributed by atoms with Gasteiger partial charge in [-0.05, 0) is 31.4 Å². The van der Waals surface area contributed by atoms with Crippen LogP contribution < -0.4 is 10.6 Å². The van der Waals surface area contributed by atoms with Crippen LogP contribution in [0.25, 0.3) is 0 Å². The number of nitrogens with two attached hydrogens (primary N) is 1. The Labute approximate surface area is 107 Å². The van der Waals surface area contributed by atoms with Crippen LogP contribution in [-0.2, 0) is 0 Å². The van der Waals surface area contributed by atoms with Crippen LogP contribution in [0.2, 0.25) is 0 Å². The molecule has 6 nitrogen and oxygen atoms in total. The van der Waals surface area contributed by atoms with Gasteiger partial charge in [0.2, 0.25) is 0 Å². The molecule has 4 N–H and O–H groups in total. The summed E-state index contributed by atoms with van der Waals surface area (Å²) in [7, 11) is 1.94. The normalized spacial score (nSPS) is 11.6. The molecule has 100 valence electrons. The van der Waals surface area contributed by atoms with Crippen LogP contribution in [0.15, 0.2) is 23.4 Å². The molecule has 1 heterocycles. The molecule has 0 fully saturated rings. The molecule has 1 rings (SSSR count). The smallest absolute Gasteiger partial charge is 0.188 e. The number of amidine groups is 1. The van der Waals surface area contributed by atoms with Gasteiger partial charge in [-0.3, -0.25) is 0 Å². The van der Waals surface area contributed by atoms with Crippen molar-refractivity contribution in [2.24, 2.45) is 10.9 Å². The average Bonchev–Trinajstić information content (AvgIpc) is 2.42. The topological polar surface area (TPSA) is 95.0 Å². The van der Waals surface area contributed by atoms with Crippen LogP contribution in [-0.4, -0.2) is 41.3 Å². The molecule has 0 amide bonds. The summed E-state index contributed by atoms with van der Waals surface area (Å²) in [6.45, 7) is 1.09. The van der Waals surface area contributed by atoms with Gasteiger partial charge in [-0.2, -0.15) is 0 Å². The minimum Gasteiger partial charge on any atom is -0.409 e. The van der Waals surface area contributed by atoms with E-state index in [0.717, 1.165) is 31.6 Å². The lowest BCUT2D eigenvalue weighted by Crippen LogP contribution is -2.22. The van der Waals surface area contributed by atoms with Gasteiger partial charge < -0.3 is 20.9 Å². The lowest BCUT2D eigenvalue weighted by atomic mass is 10.2. The number of aliphatic hydroxyl groups excluding tert-OH is 1. The predicted molar refractivity (Wildman–Crippen MR) is 71.0 cm³/mol. The minimum atomic E-state index is 0.00512. The highest BCUT2D eigenvalue weighted by atomic mass is 16.4. The lowest BCUT2D eigenvalue weighted by molar-refractivity contribution is 0.283. The van der Waals surface area contributed by atoms with E-state index in [1.807, 2.05) is 24.1 Å². The van der Waals surface area contributed by atoms with Gasteiger partial charge in [-0.15, -0.1) is 0 Å². The third kappa shape index (κ3) is 4.21. The van der Waals surface area contributed by atoms with Crippen molar-refractivity contribution in [3.8, 4) is 0 Å². The molecule has 0 atom stereocenters. The van der Waals surface area contributed by atoms with Gasteiger partial charge in [0, 0.05) is 20.2 Å². The van der Waals surface area contributed by atoms with Crippen molar-refractivity contribution in [3.05, 3.63) is 23.9 Å². The van der Waals surface area contributed by atoms with E-state index in [2.05, 4.69) is 10.1 Å². The van der Waals surface area contributed by atoms with Crippen molar-refractivity contribution in [2.45, 2.75) is 19.3 Å². The number of oxime groups is 1. The van der Waals surface area contributed by atoms with Gasteiger partial charge in [-0.25, -0.2) is 4.98 Å². The van der Waals surface area contributed by atoms with E-state index in [4.69, 9.17) is 16.0 Å². The van der Waals surface area contributed by atoms with Gasteiger partial charge in [0.15, 0.2) is 5.84 Å². The first-order valence-corrected chi connectivity index (χ1v) is 5.96. The number of hydrogen-bond donors (Lipinski definition) is 3. The fourth-order valence-electron chi connectivity index (χ4n) is 1.58. The predicted octanol–water partition coefficient (Wildman–Crippen LogP) is 0.775. The molecule has 0 radical (unpaired) electrons. The fraction of sp³-hybridized carbons (Fsp3) is 0.500. The third-order valence-corrected chi connectivity index (χ3v) is 2.65. The number of unbranched alkanes of at least 4 members (excludes halogenated alkanes) is 2. The monoisotopic (exact) mass is 252 g/mol. The zero-order chi connectivity index (χ0) is 13.4. The Hall–Kier alpha value is -1.82. The van der Waals surface area contributed by atoms with Crippen molar-refractivity contribution in [2.75, 3.05) is 25.1 Å². The molecular weight excluding hydrogens is 232 g/mol. The Balaban J connectivity index is 2.60. The Morgan fingerprint density at radius 2 is 2.17 bits per heavy atom. The number of aliphatic hydroxyl groups is 1. The van der Waals surface area contributed by atoms with E-state index in [-0.39, 0.29) is 12.4 Å². The maximum atomic E-state index is 8.70. The summed E-state index contributed by atoms with van der Waals surface area (Å²) >= 11 is 0. The van der Waals surface area contributed by atoms with Crippen LogP contribution in [0, 0.1) is 0 Å². The third-order valence-electron chi connectivity index (χ3n) is 2.65. The molecule has 6 heteroatoms. The first kappa shape index (κ1) is 14.2. The summed E-state index contributed by atoms with van der Waals surface area (Å²) in [5.41, 5.74) is 5.95. The Morgan fingerprint density at radius 1 is 1.39 bits per heavy atom. The van der Waals surface area contributed by atoms with E-state index < -0.39 is 0 Å². The molecule has 0 aliphatic heterocycles. The number of rotatable bonds is 7. The van der Waals surface area contributed by atoms with Crippen molar-refractivity contribution in [1.29, 1.82) is 0 Å². The van der Waals surface area contributed by atoms with Gasteiger partial charge in [0.05, 0.1) is 0 Å². The maximum absolute atomic E-state index is 8.70. The summed E-state index contributed by atoms with van der Waals surface area (Å²) in [5.74, 6) is 0.786. The number of pyridine rings is 1. The highest BCUT2D eigenvalue weighted by molar-refractivity contribution is 5.95. The standard InChI is InChI=1S/C12H20N4O2/c1-16(8-3-2-4-9-17)11-7-5-6-10(14-11)12(13)15-18/h5-7,17-18H,2-4,8-9H2,1H3,(H2,13,15). The molecule has 0 aliphatic carbocycles.